The Bertz CT molecular complexity index is 462. The number of rotatable bonds is 7. The SMILES string of the molecule is COc1ccccc1C(C#N)NCCCN=[N+]=[N-]. The molecule has 0 fully saturated rings. The predicted molar refractivity (Wildman–Crippen MR) is 68.0 cm³/mol. The zero-order valence-electron chi connectivity index (χ0n) is 10.2. The Balaban J connectivity index is 2.60. The van der Waals surface area contributed by atoms with Crippen LogP contribution in [0.15, 0.2) is 29.4 Å². The summed E-state index contributed by atoms with van der Waals surface area (Å²) in [7, 11) is 1.58. The quantitative estimate of drug-likeness (QED) is 0.346. The van der Waals surface area contributed by atoms with Crippen molar-refractivity contribution in [2.75, 3.05) is 20.2 Å². The summed E-state index contributed by atoms with van der Waals surface area (Å²) in [4.78, 5) is 2.67. The molecule has 1 rings (SSSR count). The highest BCUT2D eigenvalue weighted by atomic mass is 16.5. The number of methoxy groups -OCH3 is 1. The van der Waals surface area contributed by atoms with Crippen molar-refractivity contribution in [2.45, 2.75) is 12.5 Å². The molecule has 1 unspecified atom stereocenters. The Morgan fingerprint density at radius 1 is 1.56 bits per heavy atom. The van der Waals surface area contributed by atoms with Crippen molar-refractivity contribution < 1.29 is 4.74 Å². The van der Waals surface area contributed by atoms with Crippen LogP contribution in [-0.2, 0) is 0 Å². The highest BCUT2D eigenvalue weighted by Gasteiger charge is 2.13. The lowest BCUT2D eigenvalue weighted by atomic mass is 10.1. The molecule has 0 saturated heterocycles. The van der Waals surface area contributed by atoms with Crippen LogP contribution in [0.4, 0.5) is 0 Å². The van der Waals surface area contributed by atoms with E-state index in [4.69, 9.17) is 15.5 Å². The minimum atomic E-state index is -0.424. The Kier molecular flexibility index (Phi) is 6.12. The van der Waals surface area contributed by atoms with E-state index in [1.54, 1.807) is 7.11 Å². The van der Waals surface area contributed by atoms with Crippen molar-refractivity contribution in [3.8, 4) is 11.8 Å². The second-order valence-corrected chi connectivity index (χ2v) is 3.57. The Morgan fingerprint density at radius 2 is 2.33 bits per heavy atom. The van der Waals surface area contributed by atoms with E-state index in [0.717, 1.165) is 5.56 Å². The van der Waals surface area contributed by atoms with Crippen LogP contribution in [0.1, 0.15) is 18.0 Å². The first-order valence-corrected chi connectivity index (χ1v) is 5.60. The maximum Gasteiger partial charge on any atom is 0.124 e. The minimum absolute atomic E-state index is 0.424. The number of nitrogens with one attached hydrogen (secondary N) is 1. The molecule has 6 nitrogen and oxygen atoms in total. The maximum atomic E-state index is 9.15. The topological polar surface area (TPSA) is 93.8 Å². The highest BCUT2D eigenvalue weighted by molar-refractivity contribution is 5.38. The molecule has 0 aliphatic rings. The van der Waals surface area contributed by atoms with E-state index in [0.29, 0.717) is 25.3 Å². The molecular formula is C12H15N5O. The van der Waals surface area contributed by atoms with E-state index in [9.17, 15) is 0 Å². The summed E-state index contributed by atoms with van der Waals surface area (Å²) in [5.41, 5.74) is 8.95. The third-order valence-corrected chi connectivity index (χ3v) is 2.43. The van der Waals surface area contributed by atoms with Gasteiger partial charge in [0.1, 0.15) is 11.8 Å². The second-order valence-electron chi connectivity index (χ2n) is 3.57. The lowest BCUT2D eigenvalue weighted by Gasteiger charge is -2.14. The average Bonchev–Trinajstić information content (AvgIpc) is 2.43. The average molecular weight is 245 g/mol. The molecule has 0 amide bonds. The van der Waals surface area contributed by atoms with E-state index in [-0.39, 0.29) is 0 Å². The van der Waals surface area contributed by atoms with E-state index in [1.807, 2.05) is 24.3 Å². The molecule has 6 heteroatoms. The van der Waals surface area contributed by atoms with Gasteiger partial charge in [0.25, 0.3) is 0 Å². The Morgan fingerprint density at radius 3 is 3.00 bits per heavy atom. The van der Waals surface area contributed by atoms with Gasteiger partial charge in [-0.15, -0.1) is 0 Å². The fraction of sp³-hybridized carbons (Fsp3) is 0.417. The van der Waals surface area contributed by atoms with Gasteiger partial charge in [-0.1, -0.05) is 23.3 Å². The largest absolute Gasteiger partial charge is 0.496 e. The fourth-order valence-corrected chi connectivity index (χ4v) is 1.57. The third kappa shape index (κ3) is 3.98. The molecule has 18 heavy (non-hydrogen) atoms. The number of azide groups is 1. The molecule has 0 radical (unpaired) electrons. The summed E-state index contributed by atoms with van der Waals surface area (Å²) in [5.74, 6) is 0.687. The van der Waals surface area contributed by atoms with Gasteiger partial charge in [-0.3, -0.25) is 5.32 Å². The smallest absolute Gasteiger partial charge is 0.124 e. The summed E-state index contributed by atoms with van der Waals surface area (Å²) >= 11 is 0. The first-order chi connectivity index (χ1) is 8.83. The van der Waals surface area contributed by atoms with Crippen LogP contribution in [-0.4, -0.2) is 20.2 Å². The molecule has 1 aromatic carbocycles. The molecule has 0 spiro atoms. The van der Waals surface area contributed by atoms with E-state index >= 15 is 0 Å². The standard InChI is InChI=1S/C12H15N5O/c1-18-12-6-3-2-5-10(12)11(9-13)15-7-4-8-16-17-14/h2-3,5-6,11,15H,4,7-8H2,1H3. The minimum Gasteiger partial charge on any atom is -0.496 e. The van der Waals surface area contributed by atoms with Gasteiger partial charge in [0.05, 0.1) is 13.2 Å². The van der Waals surface area contributed by atoms with Crippen molar-refractivity contribution in [1.29, 1.82) is 5.26 Å². The maximum absolute atomic E-state index is 9.15. The summed E-state index contributed by atoms with van der Waals surface area (Å²) in [5, 5.41) is 15.7. The summed E-state index contributed by atoms with van der Waals surface area (Å²) < 4.78 is 5.22. The van der Waals surface area contributed by atoms with Crippen LogP contribution in [0.5, 0.6) is 5.75 Å². The summed E-state index contributed by atoms with van der Waals surface area (Å²) in [6.45, 7) is 1.03. The van der Waals surface area contributed by atoms with E-state index < -0.39 is 6.04 Å². The van der Waals surface area contributed by atoms with Crippen LogP contribution < -0.4 is 10.1 Å². The monoisotopic (exact) mass is 245 g/mol. The fourth-order valence-electron chi connectivity index (χ4n) is 1.57. The van der Waals surface area contributed by atoms with Crippen molar-refractivity contribution in [2.24, 2.45) is 5.11 Å². The zero-order chi connectivity index (χ0) is 13.2. The van der Waals surface area contributed by atoms with Gasteiger partial charge in [0.2, 0.25) is 0 Å². The zero-order valence-corrected chi connectivity index (χ0v) is 10.2. The van der Waals surface area contributed by atoms with Crippen LogP contribution >= 0.6 is 0 Å². The molecule has 0 aliphatic carbocycles. The molecule has 0 heterocycles. The highest BCUT2D eigenvalue weighted by Crippen LogP contribution is 2.24. The Hall–Kier alpha value is -2.22. The van der Waals surface area contributed by atoms with Gasteiger partial charge in [-0.2, -0.15) is 5.26 Å². The molecule has 1 aromatic rings. The summed E-state index contributed by atoms with van der Waals surface area (Å²) in [6, 6.07) is 9.17. The number of nitrogens with zero attached hydrogens (tertiary/aromatic N) is 4. The number of hydrogen-bond donors (Lipinski definition) is 1. The van der Waals surface area contributed by atoms with Crippen LogP contribution in [0.25, 0.3) is 10.4 Å². The van der Waals surface area contributed by atoms with E-state index in [2.05, 4.69) is 21.4 Å². The first-order valence-electron chi connectivity index (χ1n) is 5.60. The normalized spacial score (nSPS) is 11.1. The van der Waals surface area contributed by atoms with Crippen LogP contribution in [0, 0.1) is 11.3 Å². The van der Waals surface area contributed by atoms with Crippen molar-refractivity contribution in [1.82, 2.24) is 5.32 Å². The second kappa shape index (κ2) is 7.96. The third-order valence-electron chi connectivity index (χ3n) is 2.43. The van der Waals surface area contributed by atoms with Gasteiger partial charge in [-0.25, -0.2) is 0 Å². The predicted octanol–water partition coefficient (Wildman–Crippen LogP) is 2.55. The number of nitriles is 1. The van der Waals surface area contributed by atoms with Gasteiger partial charge in [0, 0.05) is 17.0 Å². The molecule has 1 N–H and O–H groups in total. The van der Waals surface area contributed by atoms with Crippen molar-refractivity contribution in [3.63, 3.8) is 0 Å². The Labute approximate surface area is 106 Å². The van der Waals surface area contributed by atoms with Crippen LogP contribution in [0.3, 0.4) is 0 Å². The van der Waals surface area contributed by atoms with Gasteiger partial charge in [-0.05, 0) is 24.6 Å². The molecular weight excluding hydrogens is 230 g/mol. The molecule has 94 valence electrons. The van der Waals surface area contributed by atoms with Crippen LogP contribution in [0.2, 0.25) is 0 Å². The number of ether oxygens (including phenoxy) is 1. The molecule has 0 bridgehead atoms. The summed E-state index contributed by atoms with van der Waals surface area (Å²) in [6.07, 6.45) is 0.692. The van der Waals surface area contributed by atoms with Crippen molar-refractivity contribution >= 4 is 0 Å². The van der Waals surface area contributed by atoms with Gasteiger partial charge in [0.15, 0.2) is 0 Å². The van der Waals surface area contributed by atoms with Crippen molar-refractivity contribution in [3.05, 3.63) is 40.3 Å². The number of para-hydroxylation sites is 1. The van der Waals surface area contributed by atoms with Gasteiger partial charge < -0.3 is 4.74 Å². The lowest BCUT2D eigenvalue weighted by molar-refractivity contribution is 0.405. The van der Waals surface area contributed by atoms with E-state index in [1.165, 1.54) is 0 Å². The molecule has 0 aromatic heterocycles. The first kappa shape index (κ1) is 13.8. The lowest BCUT2D eigenvalue weighted by Crippen LogP contribution is -2.22. The molecule has 1 atom stereocenters. The molecule has 0 aliphatic heterocycles. The van der Waals surface area contributed by atoms with Gasteiger partial charge >= 0.3 is 0 Å². The number of hydrogen-bond acceptors (Lipinski definition) is 4. The molecule has 0 saturated carbocycles. The number of benzene rings is 1.